The molecule has 4 aromatic rings. The van der Waals surface area contributed by atoms with Crippen molar-refractivity contribution in [2.24, 2.45) is 0 Å². The van der Waals surface area contributed by atoms with Crippen LogP contribution in [0.2, 0.25) is 0 Å². The smallest absolute Gasteiger partial charge is 0.257 e. The van der Waals surface area contributed by atoms with Crippen LogP contribution in [0.15, 0.2) is 79.3 Å². The van der Waals surface area contributed by atoms with E-state index in [0.29, 0.717) is 18.7 Å². The van der Waals surface area contributed by atoms with Crippen molar-refractivity contribution in [1.29, 1.82) is 0 Å². The first-order chi connectivity index (χ1) is 14.8. The summed E-state index contributed by atoms with van der Waals surface area (Å²) >= 11 is 0. The molecule has 6 heteroatoms. The zero-order valence-corrected chi connectivity index (χ0v) is 16.6. The molecule has 150 valence electrons. The molecule has 6 nitrogen and oxygen atoms in total. The minimum absolute atomic E-state index is 0.00738. The molecule has 0 saturated carbocycles. The summed E-state index contributed by atoms with van der Waals surface area (Å²) in [7, 11) is 0. The van der Waals surface area contributed by atoms with Gasteiger partial charge in [-0.2, -0.15) is 5.10 Å². The molecule has 2 aromatic heterocycles. The number of benzene rings is 2. The van der Waals surface area contributed by atoms with Gasteiger partial charge in [0.2, 0.25) is 0 Å². The van der Waals surface area contributed by atoms with Gasteiger partial charge in [0, 0.05) is 44.0 Å². The number of rotatable bonds is 4. The van der Waals surface area contributed by atoms with Crippen molar-refractivity contribution >= 4 is 16.8 Å². The monoisotopic (exact) mass is 397 g/mol. The molecule has 3 heterocycles. The molecule has 1 amide bonds. The first-order valence-corrected chi connectivity index (χ1v) is 10.2. The van der Waals surface area contributed by atoms with Gasteiger partial charge in [-0.1, -0.05) is 60.7 Å². The SMILES string of the molecule is O=C(c1cncc2cn[nH]c12)N1CCN(C(c2ccccc2)c2ccccc2)CC1. The lowest BCUT2D eigenvalue weighted by molar-refractivity contribution is 0.0598. The van der Waals surface area contributed by atoms with Crippen molar-refractivity contribution in [3.05, 3.63) is 95.9 Å². The van der Waals surface area contributed by atoms with E-state index in [1.165, 1.54) is 11.1 Å². The predicted molar refractivity (Wildman–Crippen MR) is 116 cm³/mol. The van der Waals surface area contributed by atoms with Gasteiger partial charge in [-0.05, 0) is 11.1 Å². The first-order valence-electron chi connectivity index (χ1n) is 10.2. The molecule has 0 atom stereocenters. The Bertz CT molecular complexity index is 1090. The van der Waals surface area contributed by atoms with Crippen LogP contribution in [0.5, 0.6) is 0 Å². The number of pyridine rings is 1. The van der Waals surface area contributed by atoms with E-state index in [1.807, 2.05) is 17.0 Å². The van der Waals surface area contributed by atoms with Gasteiger partial charge in [-0.15, -0.1) is 0 Å². The molecule has 5 rings (SSSR count). The summed E-state index contributed by atoms with van der Waals surface area (Å²) in [6.07, 6.45) is 5.05. The van der Waals surface area contributed by atoms with Crippen LogP contribution in [0.3, 0.4) is 0 Å². The lowest BCUT2D eigenvalue weighted by Gasteiger charge is -2.39. The highest BCUT2D eigenvalue weighted by molar-refractivity contribution is 6.04. The third-order valence-corrected chi connectivity index (χ3v) is 5.78. The molecule has 30 heavy (non-hydrogen) atoms. The van der Waals surface area contributed by atoms with E-state index in [9.17, 15) is 4.79 Å². The number of carbonyl (C=O) groups is 1. The standard InChI is InChI=1S/C24H23N5O/c30-24(21-17-25-15-20-16-26-27-22(20)21)29-13-11-28(12-14-29)23(18-7-3-1-4-8-18)19-9-5-2-6-10-19/h1-10,15-17,23H,11-14H2,(H,26,27). The molecule has 0 spiro atoms. The number of fused-ring (bicyclic) bond motifs is 1. The van der Waals surface area contributed by atoms with Crippen molar-refractivity contribution in [3.63, 3.8) is 0 Å². The summed E-state index contributed by atoms with van der Waals surface area (Å²) in [5.74, 6) is 0.00738. The third-order valence-electron chi connectivity index (χ3n) is 5.78. The van der Waals surface area contributed by atoms with Crippen molar-refractivity contribution in [3.8, 4) is 0 Å². The maximum absolute atomic E-state index is 13.1. The largest absolute Gasteiger partial charge is 0.336 e. The first kappa shape index (κ1) is 18.5. The molecular formula is C24H23N5O. The van der Waals surface area contributed by atoms with E-state index < -0.39 is 0 Å². The predicted octanol–water partition coefficient (Wildman–Crippen LogP) is 3.51. The number of nitrogens with zero attached hydrogens (tertiary/aromatic N) is 4. The third kappa shape index (κ3) is 3.46. The minimum Gasteiger partial charge on any atom is -0.336 e. The van der Waals surface area contributed by atoms with Crippen LogP contribution in [0.4, 0.5) is 0 Å². The van der Waals surface area contributed by atoms with Gasteiger partial charge in [0.1, 0.15) is 0 Å². The van der Waals surface area contributed by atoms with Crippen molar-refractivity contribution in [1.82, 2.24) is 25.0 Å². The second kappa shape index (κ2) is 8.08. The van der Waals surface area contributed by atoms with Crippen LogP contribution in [0.1, 0.15) is 27.5 Å². The summed E-state index contributed by atoms with van der Waals surface area (Å²) in [4.78, 5) is 21.7. The second-order valence-electron chi connectivity index (χ2n) is 7.57. The second-order valence-corrected chi connectivity index (χ2v) is 7.57. The van der Waals surface area contributed by atoms with E-state index in [4.69, 9.17) is 0 Å². The molecule has 1 saturated heterocycles. The summed E-state index contributed by atoms with van der Waals surface area (Å²) in [5.41, 5.74) is 3.88. The topological polar surface area (TPSA) is 65.1 Å². The van der Waals surface area contributed by atoms with Gasteiger partial charge in [0.15, 0.2) is 0 Å². The van der Waals surface area contributed by atoms with Gasteiger partial charge in [-0.25, -0.2) is 0 Å². The number of hydrogen-bond acceptors (Lipinski definition) is 4. The molecule has 0 radical (unpaired) electrons. The van der Waals surface area contributed by atoms with Gasteiger partial charge in [0.25, 0.3) is 5.91 Å². The number of amides is 1. The normalized spacial score (nSPS) is 15.0. The van der Waals surface area contributed by atoms with Crippen molar-refractivity contribution < 1.29 is 4.79 Å². The Balaban J connectivity index is 1.36. The molecule has 0 bridgehead atoms. The number of carbonyl (C=O) groups excluding carboxylic acids is 1. The van der Waals surface area contributed by atoms with E-state index in [2.05, 4.69) is 68.6 Å². The Hall–Kier alpha value is -3.51. The fourth-order valence-corrected chi connectivity index (χ4v) is 4.27. The fourth-order valence-electron chi connectivity index (χ4n) is 4.27. The maximum Gasteiger partial charge on any atom is 0.257 e. The lowest BCUT2D eigenvalue weighted by atomic mass is 9.96. The summed E-state index contributed by atoms with van der Waals surface area (Å²) < 4.78 is 0. The van der Waals surface area contributed by atoms with Crippen LogP contribution in [0, 0.1) is 0 Å². The minimum atomic E-state index is 0.00738. The van der Waals surface area contributed by atoms with E-state index in [-0.39, 0.29) is 11.9 Å². The van der Waals surface area contributed by atoms with Crippen molar-refractivity contribution in [2.45, 2.75) is 6.04 Å². The van der Waals surface area contributed by atoms with Crippen LogP contribution in [-0.4, -0.2) is 57.1 Å². The number of hydrogen-bond donors (Lipinski definition) is 1. The van der Waals surface area contributed by atoms with Crippen LogP contribution in [-0.2, 0) is 0 Å². The zero-order chi connectivity index (χ0) is 20.3. The highest BCUT2D eigenvalue weighted by Gasteiger charge is 2.29. The van der Waals surface area contributed by atoms with Crippen LogP contribution < -0.4 is 0 Å². The van der Waals surface area contributed by atoms with E-state index in [1.54, 1.807) is 18.6 Å². The Morgan fingerprint density at radius 1 is 0.833 bits per heavy atom. The Morgan fingerprint density at radius 3 is 2.10 bits per heavy atom. The quantitative estimate of drug-likeness (QED) is 0.572. The molecule has 0 unspecified atom stereocenters. The Morgan fingerprint density at radius 2 is 1.47 bits per heavy atom. The Kier molecular flexibility index (Phi) is 4.99. The van der Waals surface area contributed by atoms with E-state index >= 15 is 0 Å². The van der Waals surface area contributed by atoms with Gasteiger partial charge < -0.3 is 4.90 Å². The van der Waals surface area contributed by atoms with E-state index in [0.717, 1.165) is 24.0 Å². The Labute approximate surface area is 175 Å². The average molecular weight is 397 g/mol. The number of aromatic nitrogens is 3. The highest BCUT2D eigenvalue weighted by Crippen LogP contribution is 2.29. The molecule has 0 aliphatic carbocycles. The molecule has 1 aliphatic rings. The molecule has 1 aliphatic heterocycles. The van der Waals surface area contributed by atoms with Gasteiger partial charge in [0.05, 0.1) is 23.3 Å². The number of piperazine rings is 1. The van der Waals surface area contributed by atoms with Crippen LogP contribution in [0.25, 0.3) is 10.9 Å². The zero-order valence-electron chi connectivity index (χ0n) is 16.6. The van der Waals surface area contributed by atoms with Crippen molar-refractivity contribution in [2.75, 3.05) is 26.2 Å². The summed E-state index contributed by atoms with van der Waals surface area (Å²) in [6, 6.07) is 21.3. The molecule has 1 fully saturated rings. The summed E-state index contributed by atoms with van der Waals surface area (Å²) in [5, 5.41) is 7.83. The fraction of sp³-hybridized carbons (Fsp3) is 0.208. The highest BCUT2D eigenvalue weighted by atomic mass is 16.2. The number of nitrogens with one attached hydrogen (secondary N) is 1. The molecule has 2 aromatic carbocycles. The molecule has 1 N–H and O–H groups in total. The lowest BCUT2D eigenvalue weighted by Crippen LogP contribution is -2.49. The number of aromatic amines is 1. The average Bonchev–Trinajstić information content (AvgIpc) is 3.30. The van der Waals surface area contributed by atoms with Gasteiger partial charge >= 0.3 is 0 Å². The van der Waals surface area contributed by atoms with Gasteiger partial charge in [-0.3, -0.25) is 19.8 Å². The van der Waals surface area contributed by atoms with Crippen LogP contribution >= 0.6 is 0 Å². The number of H-pyrrole nitrogens is 1. The maximum atomic E-state index is 13.1. The molecular weight excluding hydrogens is 374 g/mol. The summed E-state index contributed by atoms with van der Waals surface area (Å²) in [6.45, 7) is 2.98.